The van der Waals surface area contributed by atoms with Crippen LogP contribution in [0.25, 0.3) is 22.5 Å². The fraction of sp³-hybridized carbons (Fsp3) is 0.0588. The molecule has 0 saturated carbocycles. The van der Waals surface area contributed by atoms with E-state index >= 15 is 0 Å². The lowest BCUT2D eigenvalue weighted by Crippen LogP contribution is -2.31. The Hall–Kier alpha value is -2.88. The van der Waals surface area contributed by atoms with Crippen LogP contribution in [-0.4, -0.2) is 4.57 Å². The molecule has 0 aliphatic rings. The van der Waals surface area contributed by atoms with Gasteiger partial charge >= 0.3 is 5.76 Å². The molecule has 4 heteroatoms. The molecule has 0 aliphatic carbocycles. The molecule has 4 nitrogen and oxygen atoms in total. The van der Waals surface area contributed by atoms with Crippen molar-refractivity contribution in [2.75, 3.05) is 0 Å². The minimum atomic E-state index is -0.668. The van der Waals surface area contributed by atoms with Gasteiger partial charge in [-0.25, -0.2) is 9.36 Å². The summed E-state index contributed by atoms with van der Waals surface area (Å²) < 4.78 is 6.35. The maximum absolute atomic E-state index is 12.5. The Bertz CT molecular complexity index is 877. The van der Waals surface area contributed by atoms with E-state index in [1.54, 1.807) is 0 Å². The average molecular weight is 279 g/mol. The molecule has 0 N–H and O–H groups in total. The van der Waals surface area contributed by atoms with Crippen LogP contribution >= 0.6 is 0 Å². The SMILES string of the molecule is Cn1c(=O)oc(-c2ccccc2)c(-c2ccccc2)c1=O. The molecule has 3 aromatic rings. The van der Waals surface area contributed by atoms with Gasteiger partial charge in [-0.2, -0.15) is 0 Å². The topological polar surface area (TPSA) is 52.2 Å². The third kappa shape index (κ3) is 2.31. The van der Waals surface area contributed by atoms with E-state index in [0.29, 0.717) is 16.9 Å². The lowest BCUT2D eigenvalue weighted by molar-refractivity contribution is 0.457. The number of benzene rings is 2. The zero-order chi connectivity index (χ0) is 14.8. The molecule has 0 radical (unpaired) electrons. The van der Waals surface area contributed by atoms with Crippen molar-refractivity contribution in [3.63, 3.8) is 0 Å². The fourth-order valence-corrected chi connectivity index (χ4v) is 2.21. The van der Waals surface area contributed by atoms with Crippen molar-refractivity contribution >= 4 is 0 Å². The predicted octanol–water partition coefficient (Wildman–Crippen LogP) is 2.67. The molecule has 104 valence electrons. The Morgan fingerprint density at radius 3 is 1.90 bits per heavy atom. The summed E-state index contributed by atoms with van der Waals surface area (Å²) in [5.41, 5.74) is 1.45. The molecular formula is C17H13NO3. The number of nitrogens with zero attached hydrogens (tertiary/aromatic N) is 1. The predicted molar refractivity (Wildman–Crippen MR) is 81.1 cm³/mol. The van der Waals surface area contributed by atoms with Crippen LogP contribution in [0.2, 0.25) is 0 Å². The van der Waals surface area contributed by atoms with Crippen LogP contribution in [0.15, 0.2) is 74.7 Å². The molecule has 0 spiro atoms. The van der Waals surface area contributed by atoms with Crippen molar-refractivity contribution in [2.24, 2.45) is 7.05 Å². The van der Waals surface area contributed by atoms with E-state index in [4.69, 9.17) is 4.42 Å². The first-order chi connectivity index (χ1) is 10.2. The summed E-state index contributed by atoms with van der Waals surface area (Å²) in [4.78, 5) is 24.3. The molecule has 0 saturated heterocycles. The summed E-state index contributed by atoms with van der Waals surface area (Å²) in [6, 6.07) is 18.4. The molecule has 3 rings (SSSR count). The van der Waals surface area contributed by atoms with E-state index in [1.165, 1.54) is 7.05 Å². The van der Waals surface area contributed by atoms with E-state index in [1.807, 2.05) is 60.7 Å². The van der Waals surface area contributed by atoms with Gasteiger partial charge in [-0.15, -0.1) is 0 Å². The van der Waals surface area contributed by atoms with Crippen molar-refractivity contribution in [1.82, 2.24) is 4.57 Å². The first-order valence-electron chi connectivity index (χ1n) is 6.53. The molecule has 0 fully saturated rings. The molecular weight excluding hydrogens is 266 g/mol. The molecule has 0 atom stereocenters. The average Bonchev–Trinajstić information content (AvgIpc) is 2.54. The summed E-state index contributed by atoms with van der Waals surface area (Å²) in [6.45, 7) is 0. The number of hydrogen-bond donors (Lipinski definition) is 0. The highest BCUT2D eigenvalue weighted by molar-refractivity contribution is 5.78. The van der Waals surface area contributed by atoms with Crippen molar-refractivity contribution in [3.8, 4) is 22.5 Å². The number of rotatable bonds is 2. The molecule has 2 aromatic carbocycles. The first kappa shape index (κ1) is 13.1. The van der Waals surface area contributed by atoms with Crippen LogP contribution in [0.5, 0.6) is 0 Å². The highest BCUT2D eigenvalue weighted by Gasteiger charge is 2.17. The number of hydrogen-bond acceptors (Lipinski definition) is 3. The van der Waals surface area contributed by atoms with Gasteiger partial charge in [0.25, 0.3) is 5.56 Å². The van der Waals surface area contributed by atoms with Gasteiger partial charge in [0.1, 0.15) is 0 Å². The van der Waals surface area contributed by atoms with Crippen LogP contribution in [0.3, 0.4) is 0 Å². The van der Waals surface area contributed by atoms with Gasteiger partial charge in [-0.05, 0) is 5.56 Å². The maximum atomic E-state index is 12.5. The van der Waals surface area contributed by atoms with E-state index in [-0.39, 0.29) is 5.56 Å². The Morgan fingerprint density at radius 1 is 0.810 bits per heavy atom. The zero-order valence-corrected chi connectivity index (χ0v) is 11.4. The van der Waals surface area contributed by atoms with Crippen LogP contribution in [0, 0.1) is 0 Å². The summed E-state index contributed by atoms with van der Waals surface area (Å²) in [5, 5.41) is 0. The second-order valence-corrected chi connectivity index (χ2v) is 4.67. The Morgan fingerprint density at radius 2 is 1.33 bits per heavy atom. The highest BCUT2D eigenvalue weighted by Crippen LogP contribution is 2.27. The first-order valence-corrected chi connectivity index (χ1v) is 6.53. The molecule has 0 aliphatic heterocycles. The summed E-state index contributed by atoms with van der Waals surface area (Å²) in [7, 11) is 1.41. The Kier molecular flexibility index (Phi) is 3.28. The molecule has 0 amide bonds. The lowest BCUT2D eigenvalue weighted by atomic mass is 10.0. The van der Waals surface area contributed by atoms with Gasteiger partial charge in [-0.3, -0.25) is 4.79 Å². The number of aromatic nitrogens is 1. The zero-order valence-electron chi connectivity index (χ0n) is 11.4. The largest absolute Gasteiger partial charge is 0.422 e. The van der Waals surface area contributed by atoms with Gasteiger partial charge in [-0.1, -0.05) is 60.7 Å². The highest BCUT2D eigenvalue weighted by atomic mass is 16.4. The monoisotopic (exact) mass is 279 g/mol. The van der Waals surface area contributed by atoms with Gasteiger partial charge in [0.15, 0.2) is 5.76 Å². The van der Waals surface area contributed by atoms with Crippen LogP contribution in [0.4, 0.5) is 0 Å². The third-order valence-electron chi connectivity index (χ3n) is 3.31. The van der Waals surface area contributed by atoms with Crippen LogP contribution in [0.1, 0.15) is 0 Å². The van der Waals surface area contributed by atoms with E-state index < -0.39 is 5.76 Å². The van der Waals surface area contributed by atoms with Crippen LogP contribution < -0.4 is 11.3 Å². The van der Waals surface area contributed by atoms with E-state index in [9.17, 15) is 9.59 Å². The summed E-state index contributed by atoms with van der Waals surface area (Å²) in [6.07, 6.45) is 0. The van der Waals surface area contributed by atoms with E-state index in [0.717, 1.165) is 10.1 Å². The maximum Gasteiger partial charge on any atom is 0.422 e. The fourth-order valence-electron chi connectivity index (χ4n) is 2.21. The standard InChI is InChI=1S/C17H13NO3/c1-18-16(19)14(12-8-4-2-5-9-12)15(21-17(18)20)13-10-6-3-7-11-13/h2-11H,1H3. The summed E-state index contributed by atoms with van der Waals surface area (Å²) in [5.74, 6) is -0.367. The van der Waals surface area contributed by atoms with E-state index in [2.05, 4.69) is 0 Å². The van der Waals surface area contributed by atoms with Crippen molar-refractivity contribution in [3.05, 3.63) is 81.6 Å². The van der Waals surface area contributed by atoms with Crippen LogP contribution in [-0.2, 0) is 7.05 Å². The minimum absolute atomic E-state index is 0.301. The lowest BCUT2D eigenvalue weighted by Gasteiger charge is -2.09. The van der Waals surface area contributed by atoms with Crippen molar-refractivity contribution in [2.45, 2.75) is 0 Å². The smallest absolute Gasteiger partial charge is 0.408 e. The van der Waals surface area contributed by atoms with Gasteiger partial charge in [0, 0.05) is 12.6 Å². The van der Waals surface area contributed by atoms with Gasteiger partial charge in [0.2, 0.25) is 0 Å². The second-order valence-electron chi connectivity index (χ2n) is 4.67. The Balaban J connectivity index is 2.40. The summed E-state index contributed by atoms with van der Waals surface area (Å²) >= 11 is 0. The molecule has 21 heavy (non-hydrogen) atoms. The third-order valence-corrected chi connectivity index (χ3v) is 3.31. The molecule has 1 aromatic heterocycles. The van der Waals surface area contributed by atoms with Crippen molar-refractivity contribution in [1.29, 1.82) is 0 Å². The van der Waals surface area contributed by atoms with Gasteiger partial charge in [0.05, 0.1) is 5.56 Å². The van der Waals surface area contributed by atoms with Gasteiger partial charge < -0.3 is 4.42 Å². The Labute approximate surface area is 120 Å². The molecule has 0 bridgehead atoms. The normalized spacial score (nSPS) is 10.5. The second kappa shape index (κ2) is 5.25. The quantitative estimate of drug-likeness (QED) is 0.724. The minimum Gasteiger partial charge on any atom is -0.408 e. The molecule has 0 unspecified atom stereocenters. The molecule has 1 heterocycles. The van der Waals surface area contributed by atoms with Crippen molar-refractivity contribution < 1.29 is 4.42 Å².